The van der Waals surface area contributed by atoms with Crippen LogP contribution in [0.25, 0.3) is 0 Å². The zero-order chi connectivity index (χ0) is 19.8. The standard InChI is InChI=1S/C21H23N3O3S/c1-3-26-17-9-7-16(8-10-17)14-19(25)22-21-24-23-20(28-21)11-12-27-18-6-4-5-15(2)13-18/h4-10,13H,3,11-12,14H2,1-2H3,(H,22,24,25). The molecule has 1 aromatic heterocycles. The molecule has 0 aliphatic carbocycles. The highest BCUT2D eigenvalue weighted by molar-refractivity contribution is 7.15. The number of carbonyl (C=O) groups is 1. The van der Waals surface area contributed by atoms with Gasteiger partial charge in [-0.05, 0) is 49.2 Å². The predicted molar refractivity (Wildman–Crippen MR) is 110 cm³/mol. The van der Waals surface area contributed by atoms with Gasteiger partial charge in [-0.15, -0.1) is 10.2 Å². The summed E-state index contributed by atoms with van der Waals surface area (Å²) in [7, 11) is 0. The fourth-order valence-corrected chi connectivity index (χ4v) is 3.32. The largest absolute Gasteiger partial charge is 0.494 e. The van der Waals surface area contributed by atoms with Crippen molar-refractivity contribution in [1.29, 1.82) is 0 Å². The van der Waals surface area contributed by atoms with Crippen LogP contribution < -0.4 is 14.8 Å². The van der Waals surface area contributed by atoms with Gasteiger partial charge in [-0.25, -0.2) is 0 Å². The lowest BCUT2D eigenvalue weighted by Gasteiger charge is -2.05. The second-order valence-electron chi connectivity index (χ2n) is 6.22. The Kier molecular flexibility index (Phi) is 6.97. The summed E-state index contributed by atoms with van der Waals surface area (Å²) in [6, 6.07) is 15.4. The maximum Gasteiger partial charge on any atom is 0.230 e. The first-order valence-electron chi connectivity index (χ1n) is 9.16. The summed E-state index contributed by atoms with van der Waals surface area (Å²) < 4.78 is 11.1. The molecule has 28 heavy (non-hydrogen) atoms. The van der Waals surface area contributed by atoms with Crippen molar-refractivity contribution in [3.63, 3.8) is 0 Å². The molecular formula is C21H23N3O3S. The number of nitrogens with one attached hydrogen (secondary N) is 1. The highest BCUT2D eigenvalue weighted by Crippen LogP contribution is 2.18. The van der Waals surface area contributed by atoms with E-state index in [1.807, 2.05) is 62.4 Å². The zero-order valence-electron chi connectivity index (χ0n) is 16.0. The van der Waals surface area contributed by atoms with Gasteiger partial charge in [-0.3, -0.25) is 4.79 Å². The number of hydrogen-bond acceptors (Lipinski definition) is 6. The van der Waals surface area contributed by atoms with Gasteiger partial charge in [0.05, 0.1) is 19.6 Å². The third-order valence-electron chi connectivity index (χ3n) is 3.89. The van der Waals surface area contributed by atoms with Gasteiger partial charge in [0.25, 0.3) is 0 Å². The molecule has 0 fully saturated rings. The van der Waals surface area contributed by atoms with Gasteiger partial charge in [0.2, 0.25) is 11.0 Å². The maximum absolute atomic E-state index is 12.2. The molecule has 3 aromatic rings. The molecule has 0 bridgehead atoms. The lowest BCUT2D eigenvalue weighted by Crippen LogP contribution is -2.14. The van der Waals surface area contributed by atoms with Crippen LogP contribution in [0.4, 0.5) is 5.13 Å². The van der Waals surface area contributed by atoms with Crippen LogP contribution >= 0.6 is 11.3 Å². The van der Waals surface area contributed by atoms with E-state index in [1.165, 1.54) is 11.3 Å². The first-order chi connectivity index (χ1) is 13.6. The van der Waals surface area contributed by atoms with Gasteiger partial charge in [-0.1, -0.05) is 35.6 Å². The molecule has 1 amide bonds. The lowest BCUT2D eigenvalue weighted by molar-refractivity contribution is -0.115. The number of benzene rings is 2. The highest BCUT2D eigenvalue weighted by Gasteiger charge is 2.09. The van der Waals surface area contributed by atoms with E-state index >= 15 is 0 Å². The number of rotatable bonds is 9. The average Bonchev–Trinajstić information content (AvgIpc) is 3.11. The molecule has 0 saturated carbocycles. The van der Waals surface area contributed by atoms with E-state index in [9.17, 15) is 4.79 Å². The zero-order valence-corrected chi connectivity index (χ0v) is 16.8. The van der Waals surface area contributed by atoms with Gasteiger partial charge < -0.3 is 14.8 Å². The van der Waals surface area contributed by atoms with Crippen LogP contribution in [0.5, 0.6) is 11.5 Å². The number of nitrogens with zero attached hydrogens (tertiary/aromatic N) is 2. The minimum Gasteiger partial charge on any atom is -0.494 e. The molecule has 3 rings (SSSR count). The topological polar surface area (TPSA) is 73.3 Å². The van der Waals surface area contributed by atoms with E-state index in [-0.39, 0.29) is 12.3 Å². The SMILES string of the molecule is CCOc1ccc(CC(=O)Nc2nnc(CCOc3cccc(C)c3)s2)cc1. The molecule has 2 aromatic carbocycles. The fourth-order valence-electron chi connectivity index (χ4n) is 2.59. The Hall–Kier alpha value is -2.93. The number of aryl methyl sites for hydroxylation is 1. The van der Waals surface area contributed by atoms with Gasteiger partial charge in [0.15, 0.2) is 0 Å². The van der Waals surface area contributed by atoms with Crippen molar-refractivity contribution in [2.75, 3.05) is 18.5 Å². The van der Waals surface area contributed by atoms with Crippen molar-refractivity contribution >= 4 is 22.4 Å². The van der Waals surface area contributed by atoms with Crippen LogP contribution in [0.15, 0.2) is 48.5 Å². The van der Waals surface area contributed by atoms with Crippen LogP contribution in [-0.4, -0.2) is 29.3 Å². The van der Waals surface area contributed by atoms with Crippen molar-refractivity contribution < 1.29 is 14.3 Å². The third-order valence-corrected chi connectivity index (χ3v) is 4.78. The monoisotopic (exact) mass is 397 g/mol. The molecule has 0 atom stereocenters. The van der Waals surface area contributed by atoms with E-state index in [4.69, 9.17) is 9.47 Å². The Morgan fingerprint density at radius 2 is 1.89 bits per heavy atom. The van der Waals surface area contributed by atoms with Crippen molar-refractivity contribution in [2.24, 2.45) is 0 Å². The number of anilines is 1. The number of amides is 1. The molecule has 0 saturated heterocycles. The molecule has 0 aliphatic heterocycles. The highest BCUT2D eigenvalue weighted by atomic mass is 32.1. The van der Waals surface area contributed by atoms with Gasteiger partial charge in [0.1, 0.15) is 16.5 Å². The smallest absolute Gasteiger partial charge is 0.230 e. The molecule has 0 spiro atoms. The summed E-state index contributed by atoms with van der Waals surface area (Å²) in [5.74, 6) is 1.52. The quantitative estimate of drug-likeness (QED) is 0.590. The van der Waals surface area contributed by atoms with Crippen LogP contribution in [0.2, 0.25) is 0 Å². The lowest BCUT2D eigenvalue weighted by atomic mass is 10.1. The summed E-state index contributed by atoms with van der Waals surface area (Å²) in [6.07, 6.45) is 0.915. The first-order valence-corrected chi connectivity index (χ1v) is 9.97. The number of aromatic nitrogens is 2. The first kappa shape index (κ1) is 19.8. The minimum absolute atomic E-state index is 0.122. The van der Waals surface area contributed by atoms with Crippen molar-refractivity contribution in [3.05, 3.63) is 64.7 Å². The molecule has 1 N–H and O–H groups in total. The molecule has 6 nitrogen and oxygen atoms in total. The fraction of sp³-hybridized carbons (Fsp3) is 0.286. The average molecular weight is 398 g/mol. The molecule has 0 radical (unpaired) electrons. The Bertz CT molecular complexity index is 909. The van der Waals surface area contributed by atoms with Crippen molar-refractivity contribution in [1.82, 2.24) is 10.2 Å². The van der Waals surface area contributed by atoms with E-state index in [0.717, 1.165) is 27.6 Å². The Morgan fingerprint density at radius 1 is 1.07 bits per heavy atom. The molecule has 146 valence electrons. The van der Waals surface area contributed by atoms with Crippen LogP contribution in [0.3, 0.4) is 0 Å². The van der Waals surface area contributed by atoms with Crippen LogP contribution in [0.1, 0.15) is 23.1 Å². The Morgan fingerprint density at radius 3 is 2.64 bits per heavy atom. The van der Waals surface area contributed by atoms with E-state index < -0.39 is 0 Å². The van der Waals surface area contributed by atoms with Crippen LogP contribution in [0, 0.1) is 6.92 Å². The van der Waals surface area contributed by atoms with Gasteiger partial charge in [-0.2, -0.15) is 0 Å². The van der Waals surface area contributed by atoms with E-state index in [0.29, 0.717) is 24.8 Å². The third kappa shape index (κ3) is 6.06. The van der Waals surface area contributed by atoms with E-state index in [2.05, 4.69) is 15.5 Å². The number of ether oxygens (including phenoxy) is 2. The number of carbonyl (C=O) groups excluding carboxylic acids is 1. The molecule has 1 heterocycles. The predicted octanol–water partition coefficient (Wildman–Crippen LogP) is 4.05. The van der Waals surface area contributed by atoms with Crippen molar-refractivity contribution in [2.45, 2.75) is 26.7 Å². The van der Waals surface area contributed by atoms with Crippen LogP contribution in [-0.2, 0) is 17.6 Å². The van der Waals surface area contributed by atoms with E-state index in [1.54, 1.807) is 0 Å². The Labute approximate surface area is 168 Å². The summed E-state index contributed by atoms with van der Waals surface area (Å²) in [4.78, 5) is 12.2. The second kappa shape index (κ2) is 9.85. The molecule has 7 heteroatoms. The second-order valence-corrected chi connectivity index (χ2v) is 7.28. The molecular weight excluding hydrogens is 374 g/mol. The summed E-state index contributed by atoms with van der Waals surface area (Å²) in [6.45, 7) is 5.10. The molecule has 0 unspecified atom stereocenters. The normalized spacial score (nSPS) is 10.5. The summed E-state index contributed by atoms with van der Waals surface area (Å²) >= 11 is 1.36. The summed E-state index contributed by atoms with van der Waals surface area (Å²) in [5, 5.41) is 12.3. The summed E-state index contributed by atoms with van der Waals surface area (Å²) in [5.41, 5.74) is 2.07. The molecule has 0 aliphatic rings. The minimum atomic E-state index is -0.122. The Balaban J connectivity index is 1.45. The van der Waals surface area contributed by atoms with Gasteiger partial charge >= 0.3 is 0 Å². The maximum atomic E-state index is 12.2. The van der Waals surface area contributed by atoms with Gasteiger partial charge in [0, 0.05) is 6.42 Å². The van der Waals surface area contributed by atoms with Crippen molar-refractivity contribution in [3.8, 4) is 11.5 Å². The number of hydrogen-bond donors (Lipinski definition) is 1.